The Balaban J connectivity index is 2.08. The third-order valence-corrected chi connectivity index (χ3v) is 5.07. The van der Waals surface area contributed by atoms with E-state index in [2.05, 4.69) is 9.97 Å². The number of sulfonamides is 1. The van der Waals surface area contributed by atoms with Crippen LogP contribution in [0.4, 0.5) is 0 Å². The number of nitrogens with two attached hydrogens (primary N) is 1. The van der Waals surface area contributed by atoms with Crippen molar-refractivity contribution in [2.75, 3.05) is 0 Å². The summed E-state index contributed by atoms with van der Waals surface area (Å²) >= 11 is 0. The van der Waals surface area contributed by atoms with Gasteiger partial charge in [0, 0.05) is 17.7 Å². The minimum Gasteiger partial charge on any atom is -0.241 e. The summed E-state index contributed by atoms with van der Waals surface area (Å²) in [5.41, 5.74) is 2.15. The Kier molecular flexibility index (Phi) is 3.51. The molecule has 21 heavy (non-hydrogen) atoms. The highest BCUT2D eigenvalue weighted by molar-refractivity contribution is 7.89. The van der Waals surface area contributed by atoms with Crippen LogP contribution in [-0.2, 0) is 10.0 Å². The van der Waals surface area contributed by atoms with E-state index in [0.717, 1.165) is 29.9 Å². The summed E-state index contributed by atoms with van der Waals surface area (Å²) in [6.07, 6.45) is 5.20. The first-order chi connectivity index (χ1) is 9.97. The number of benzene rings is 1. The second-order valence-electron chi connectivity index (χ2n) is 5.40. The average molecular weight is 303 g/mol. The van der Waals surface area contributed by atoms with Crippen molar-refractivity contribution >= 4 is 10.0 Å². The molecule has 1 aromatic heterocycles. The van der Waals surface area contributed by atoms with Gasteiger partial charge in [-0.2, -0.15) is 0 Å². The number of hydrogen-bond donors (Lipinski definition) is 1. The van der Waals surface area contributed by atoms with E-state index in [1.807, 2.05) is 6.07 Å². The molecular formula is C15H17N3O2S. The maximum atomic E-state index is 11.6. The highest BCUT2D eigenvalue weighted by Crippen LogP contribution is 2.35. The minimum absolute atomic E-state index is 0.142. The van der Waals surface area contributed by atoms with Crippen molar-refractivity contribution in [3.63, 3.8) is 0 Å². The van der Waals surface area contributed by atoms with E-state index in [-0.39, 0.29) is 4.90 Å². The van der Waals surface area contributed by atoms with Crippen molar-refractivity contribution < 1.29 is 8.42 Å². The van der Waals surface area contributed by atoms with Crippen molar-refractivity contribution in [3.05, 3.63) is 41.9 Å². The first-order valence-electron chi connectivity index (χ1n) is 6.92. The maximum absolute atomic E-state index is 11.6. The van der Waals surface area contributed by atoms with E-state index in [1.54, 1.807) is 25.3 Å². The zero-order valence-electron chi connectivity index (χ0n) is 11.8. The molecule has 1 aromatic carbocycles. The first kappa shape index (κ1) is 14.2. The topological polar surface area (TPSA) is 85.9 Å². The zero-order valence-corrected chi connectivity index (χ0v) is 12.6. The standard InChI is InChI=1S/C15H17N3O2S/c1-10-12(6-3-7-14(10)21(16,19)20)13-8-9-17-15(18-13)11-4-2-5-11/h3,6-9,11H,2,4-5H2,1H3,(H2,16,19,20). The molecule has 1 saturated carbocycles. The number of rotatable bonds is 3. The SMILES string of the molecule is Cc1c(-c2ccnc(C3CCC3)n2)cccc1S(N)(=O)=O. The Bertz CT molecular complexity index is 783. The van der Waals surface area contributed by atoms with Crippen LogP contribution in [0.2, 0.25) is 0 Å². The molecule has 110 valence electrons. The van der Waals surface area contributed by atoms with Crippen LogP contribution in [0.3, 0.4) is 0 Å². The smallest absolute Gasteiger partial charge is 0.238 e. The van der Waals surface area contributed by atoms with Gasteiger partial charge in [-0.3, -0.25) is 0 Å². The van der Waals surface area contributed by atoms with Crippen molar-refractivity contribution in [1.29, 1.82) is 0 Å². The molecule has 1 aliphatic rings. The molecule has 0 unspecified atom stereocenters. The van der Waals surface area contributed by atoms with Gasteiger partial charge in [-0.05, 0) is 37.5 Å². The zero-order chi connectivity index (χ0) is 15.0. The van der Waals surface area contributed by atoms with Gasteiger partial charge in [-0.1, -0.05) is 18.6 Å². The number of aromatic nitrogens is 2. The molecule has 0 radical (unpaired) electrons. The number of primary sulfonamides is 1. The third-order valence-electron chi connectivity index (χ3n) is 4.01. The molecule has 2 N–H and O–H groups in total. The van der Waals surface area contributed by atoms with Gasteiger partial charge in [-0.15, -0.1) is 0 Å². The summed E-state index contributed by atoms with van der Waals surface area (Å²) < 4.78 is 23.2. The Morgan fingerprint density at radius 1 is 1.24 bits per heavy atom. The molecule has 2 aromatic rings. The van der Waals surface area contributed by atoms with Gasteiger partial charge < -0.3 is 0 Å². The second-order valence-corrected chi connectivity index (χ2v) is 6.93. The van der Waals surface area contributed by atoms with Crippen LogP contribution in [0.15, 0.2) is 35.4 Å². The predicted molar refractivity (Wildman–Crippen MR) is 80.2 cm³/mol. The lowest BCUT2D eigenvalue weighted by Crippen LogP contribution is -2.14. The lowest BCUT2D eigenvalue weighted by molar-refractivity contribution is 0.401. The van der Waals surface area contributed by atoms with Gasteiger partial charge >= 0.3 is 0 Å². The highest BCUT2D eigenvalue weighted by Gasteiger charge is 2.23. The van der Waals surface area contributed by atoms with Crippen molar-refractivity contribution in [1.82, 2.24) is 9.97 Å². The largest absolute Gasteiger partial charge is 0.241 e. The van der Waals surface area contributed by atoms with E-state index >= 15 is 0 Å². The van der Waals surface area contributed by atoms with Crippen LogP contribution in [0, 0.1) is 6.92 Å². The van der Waals surface area contributed by atoms with Crippen molar-refractivity contribution in [2.45, 2.75) is 37.0 Å². The van der Waals surface area contributed by atoms with Gasteiger partial charge in [0.05, 0.1) is 10.6 Å². The van der Waals surface area contributed by atoms with E-state index in [4.69, 9.17) is 5.14 Å². The van der Waals surface area contributed by atoms with Crippen molar-refractivity contribution in [2.24, 2.45) is 5.14 Å². The van der Waals surface area contributed by atoms with Crippen LogP contribution in [0.25, 0.3) is 11.3 Å². The van der Waals surface area contributed by atoms with Gasteiger partial charge in [0.2, 0.25) is 10.0 Å². The third kappa shape index (κ3) is 2.69. The Labute approximate surface area is 124 Å². The van der Waals surface area contributed by atoms with Gasteiger partial charge in [0.1, 0.15) is 5.82 Å². The summed E-state index contributed by atoms with van der Waals surface area (Å²) in [6, 6.07) is 6.86. The number of nitrogens with zero attached hydrogens (tertiary/aromatic N) is 2. The lowest BCUT2D eigenvalue weighted by Gasteiger charge is -2.24. The molecule has 0 aliphatic heterocycles. The van der Waals surface area contributed by atoms with Crippen LogP contribution in [-0.4, -0.2) is 18.4 Å². The summed E-state index contributed by atoms with van der Waals surface area (Å²) in [5.74, 6) is 1.28. The summed E-state index contributed by atoms with van der Waals surface area (Å²) in [7, 11) is -3.73. The summed E-state index contributed by atoms with van der Waals surface area (Å²) in [4.78, 5) is 9.08. The van der Waals surface area contributed by atoms with Crippen LogP contribution in [0.1, 0.15) is 36.6 Å². The Hall–Kier alpha value is -1.79. The van der Waals surface area contributed by atoms with E-state index in [9.17, 15) is 8.42 Å². The normalized spacial score (nSPS) is 15.7. The molecule has 6 heteroatoms. The molecule has 1 aliphatic carbocycles. The van der Waals surface area contributed by atoms with Gasteiger partial charge in [-0.25, -0.2) is 23.5 Å². The molecule has 0 amide bonds. The molecule has 1 heterocycles. The second kappa shape index (κ2) is 5.20. The van der Waals surface area contributed by atoms with Crippen LogP contribution in [0.5, 0.6) is 0 Å². The first-order valence-corrected chi connectivity index (χ1v) is 8.47. The Morgan fingerprint density at radius 2 is 2.00 bits per heavy atom. The maximum Gasteiger partial charge on any atom is 0.238 e. The van der Waals surface area contributed by atoms with Gasteiger partial charge in [0.25, 0.3) is 0 Å². The molecule has 5 nitrogen and oxygen atoms in total. The van der Waals surface area contributed by atoms with E-state index < -0.39 is 10.0 Å². The fraction of sp³-hybridized carbons (Fsp3) is 0.333. The predicted octanol–water partition coefficient (Wildman–Crippen LogP) is 2.37. The minimum atomic E-state index is -3.73. The Morgan fingerprint density at radius 3 is 2.62 bits per heavy atom. The summed E-state index contributed by atoms with van der Waals surface area (Å²) in [6.45, 7) is 1.75. The molecule has 0 spiro atoms. The fourth-order valence-electron chi connectivity index (χ4n) is 2.59. The quantitative estimate of drug-likeness (QED) is 0.943. The average Bonchev–Trinajstić information content (AvgIpc) is 2.36. The van der Waals surface area contributed by atoms with E-state index in [1.165, 1.54) is 12.5 Å². The van der Waals surface area contributed by atoms with Crippen LogP contribution < -0.4 is 5.14 Å². The van der Waals surface area contributed by atoms with Gasteiger partial charge in [0.15, 0.2) is 0 Å². The van der Waals surface area contributed by atoms with Crippen LogP contribution >= 0.6 is 0 Å². The molecular weight excluding hydrogens is 286 g/mol. The monoisotopic (exact) mass is 303 g/mol. The lowest BCUT2D eigenvalue weighted by atomic mass is 9.85. The molecule has 0 saturated heterocycles. The fourth-order valence-corrected chi connectivity index (χ4v) is 3.39. The molecule has 0 atom stereocenters. The van der Waals surface area contributed by atoms with E-state index in [0.29, 0.717) is 11.5 Å². The molecule has 3 rings (SSSR count). The van der Waals surface area contributed by atoms with Crippen molar-refractivity contribution in [3.8, 4) is 11.3 Å². The number of hydrogen-bond acceptors (Lipinski definition) is 4. The molecule has 1 fully saturated rings. The summed E-state index contributed by atoms with van der Waals surface area (Å²) in [5, 5.41) is 5.25. The highest BCUT2D eigenvalue weighted by atomic mass is 32.2. The molecule has 0 bridgehead atoms.